The lowest BCUT2D eigenvalue weighted by atomic mass is 10.1. The van der Waals surface area contributed by atoms with E-state index in [1.54, 1.807) is 6.92 Å². The summed E-state index contributed by atoms with van der Waals surface area (Å²) in [7, 11) is -1.22. The van der Waals surface area contributed by atoms with Gasteiger partial charge in [0.1, 0.15) is 5.25 Å². The quantitative estimate of drug-likeness (QED) is 0.719. The van der Waals surface area contributed by atoms with Crippen LogP contribution in [0.25, 0.3) is 0 Å². The van der Waals surface area contributed by atoms with E-state index in [0.29, 0.717) is 18.2 Å². The van der Waals surface area contributed by atoms with E-state index >= 15 is 0 Å². The number of amides is 1. The maximum Gasteiger partial charge on any atom is 0.235 e. The van der Waals surface area contributed by atoms with Crippen molar-refractivity contribution in [1.82, 2.24) is 5.32 Å². The predicted octanol–water partition coefficient (Wildman–Crippen LogP) is 1.02. The molecule has 0 aromatic rings. The summed E-state index contributed by atoms with van der Waals surface area (Å²) in [5, 5.41) is 2.31. The molecule has 0 saturated carbocycles. The van der Waals surface area contributed by atoms with E-state index in [1.165, 1.54) is 0 Å². The molecule has 17 heavy (non-hydrogen) atoms. The zero-order valence-corrected chi connectivity index (χ0v) is 12.4. The second kappa shape index (κ2) is 7.11. The number of nitrogens with one attached hydrogen (secondary N) is 1. The lowest BCUT2D eigenvalue weighted by molar-refractivity contribution is -0.120. The summed E-state index contributed by atoms with van der Waals surface area (Å²) >= 11 is 0. The van der Waals surface area contributed by atoms with Crippen molar-refractivity contribution in [3.8, 4) is 0 Å². The summed E-state index contributed by atoms with van der Waals surface area (Å²) < 4.78 is 11.9. The van der Waals surface area contributed by atoms with E-state index in [0.717, 1.165) is 6.42 Å². The van der Waals surface area contributed by atoms with Gasteiger partial charge in [0.25, 0.3) is 0 Å². The van der Waals surface area contributed by atoms with Gasteiger partial charge >= 0.3 is 0 Å². The van der Waals surface area contributed by atoms with Crippen molar-refractivity contribution in [1.29, 1.82) is 0 Å². The third-order valence-electron chi connectivity index (χ3n) is 2.30. The first-order chi connectivity index (χ1) is 7.63. The van der Waals surface area contributed by atoms with Gasteiger partial charge in [0, 0.05) is 28.6 Å². The molecule has 1 amide bonds. The third kappa shape index (κ3) is 8.32. The van der Waals surface area contributed by atoms with Crippen LogP contribution >= 0.6 is 0 Å². The van der Waals surface area contributed by atoms with E-state index < -0.39 is 21.6 Å². The molecule has 0 spiro atoms. The number of carbonyl (C=O) groups is 1. The molecule has 0 aliphatic rings. The highest BCUT2D eigenvalue weighted by Crippen LogP contribution is 2.05. The van der Waals surface area contributed by atoms with Crippen molar-refractivity contribution in [3.63, 3.8) is 0 Å². The van der Waals surface area contributed by atoms with Crippen molar-refractivity contribution in [2.24, 2.45) is 11.7 Å². The molecule has 0 heterocycles. The highest BCUT2D eigenvalue weighted by atomic mass is 32.2. The molecule has 0 bridgehead atoms. The van der Waals surface area contributed by atoms with E-state index in [1.807, 2.05) is 13.8 Å². The fourth-order valence-corrected chi connectivity index (χ4v) is 2.54. The summed E-state index contributed by atoms with van der Waals surface area (Å²) in [6, 6.07) is 0. The minimum atomic E-state index is -1.22. The van der Waals surface area contributed by atoms with E-state index in [-0.39, 0.29) is 5.91 Å². The molecule has 5 heteroatoms. The Labute approximate surface area is 107 Å². The Balaban J connectivity index is 4.08. The number of hydrogen-bond donors (Lipinski definition) is 2. The van der Waals surface area contributed by atoms with Gasteiger partial charge in [-0.2, -0.15) is 0 Å². The number of hydrogen-bond acceptors (Lipinski definition) is 3. The molecule has 2 atom stereocenters. The first-order valence-corrected chi connectivity index (χ1v) is 7.45. The molecule has 2 unspecified atom stereocenters. The van der Waals surface area contributed by atoms with Crippen LogP contribution in [-0.2, 0) is 15.6 Å². The van der Waals surface area contributed by atoms with Gasteiger partial charge in [-0.3, -0.25) is 9.00 Å². The SMILES string of the molecule is CC(C)CCNC(=O)C(C)S(=O)CC(C)(C)N. The third-order valence-corrected chi connectivity index (χ3v) is 4.33. The summed E-state index contributed by atoms with van der Waals surface area (Å²) in [6.07, 6.45) is 0.938. The molecule has 4 nitrogen and oxygen atoms in total. The number of rotatable bonds is 7. The van der Waals surface area contributed by atoms with Crippen molar-refractivity contribution in [2.75, 3.05) is 12.3 Å². The molecule has 0 aromatic carbocycles. The van der Waals surface area contributed by atoms with Gasteiger partial charge in [0.15, 0.2) is 0 Å². The average molecular weight is 262 g/mol. The van der Waals surface area contributed by atoms with Gasteiger partial charge < -0.3 is 11.1 Å². The Kier molecular flexibility index (Phi) is 6.94. The molecule has 0 aliphatic carbocycles. The minimum Gasteiger partial charge on any atom is -0.355 e. The van der Waals surface area contributed by atoms with Crippen molar-refractivity contribution in [2.45, 2.75) is 51.8 Å². The Morgan fingerprint density at radius 2 is 1.88 bits per heavy atom. The van der Waals surface area contributed by atoms with Gasteiger partial charge in [-0.1, -0.05) is 13.8 Å². The van der Waals surface area contributed by atoms with Gasteiger partial charge in [-0.15, -0.1) is 0 Å². The second-order valence-electron chi connectivity index (χ2n) is 5.63. The fourth-order valence-electron chi connectivity index (χ4n) is 1.24. The predicted molar refractivity (Wildman–Crippen MR) is 73.2 cm³/mol. The zero-order chi connectivity index (χ0) is 13.6. The standard InChI is InChI=1S/C12H26N2O2S/c1-9(2)6-7-14-11(15)10(3)17(16)8-12(4,5)13/h9-10H,6-8,13H2,1-5H3,(H,14,15). The number of carbonyl (C=O) groups excluding carboxylic acids is 1. The fraction of sp³-hybridized carbons (Fsp3) is 0.917. The van der Waals surface area contributed by atoms with Gasteiger partial charge in [-0.05, 0) is 33.1 Å². The Bertz CT molecular complexity index is 272. The first kappa shape index (κ1) is 16.6. The molecule has 0 saturated heterocycles. The monoisotopic (exact) mass is 262 g/mol. The lowest BCUT2D eigenvalue weighted by Gasteiger charge is -2.20. The minimum absolute atomic E-state index is 0.145. The van der Waals surface area contributed by atoms with E-state index in [2.05, 4.69) is 19.2 Å². The molecular weight excluding hydrogens is 236 g/mol. The van der Waals surface area contributed by atoms with Gasteiger partial charge in [0.05, 0.1) is 0 Å². The Hall–Kier alpha value is -0.420. The second-order valence-corrected chi connectivity index (χ2v) is 7.39. The number of nitrogens with two attached hydrogens (primary N) is 1. The summed E-state index contributed by atoms with van der Waals surface area (Å²) in [5.74, 6) is 0.749. The molecule has 0 fully saturated rings. The summed E-state index contributed by atoms with van der Waals surface area (Å²) in [4.78, 5) is 11.7. The van der Waals surface area contributed by atoms with Crippen LogP contribution in [-0.4, -0.2) is 33.2 Å². The molecule has 0 radical (unpaired) electrons. The summed E-state index contributed by atoms with van der Waals surface area (Å²) in [6.45, 7) is 10.2. The van der Waals surface area contributed by atoms with Crippen LogP contribution in [0.4, 0.5) is 0 Å². The lowest BCUT2D eigenvalue weighted by Crippen LogP contribution is -2.44. The van der Waals surface area contributed by atoms with Crippen LogP contribution in [0.5, 0.6) is 0 Å². The Morgan fingerprint density at radius 3 is 2.29 bits per heavy atom. The largest absolute Gasteiger partial charge is 0.355 e. The van der Waals surface area contributed by atoms with Crippen LogP contribution in [0.3, 0.4) is 0 Å². The Morgan fingerprint density at radius 1 is 1.35 bits per heavy atom. The van der Waals surface area contributed by atoms with Crippen LogP contribution in [0.15, 0.2) is 0 Å². The van der Waals surface area contributed by atoms with E-state index in [4.69, 9.17) is 5.73 Å². The van der Waals surface area contributed by atoms with Crippen molar-refractivity contribution in [3.05, 3.63) is 0 Å². The van der Waals surface area contributed by atoms with Gasteiger partial charge in [0.2, 0.25) is 5.91 Å². The average Bonchev–Trinajstić information content (AvgIpc) is 2.13. The highest BCUT2D eigenvalue weighted by Gasteiger charge is 2.24. The molecule has 0 aliphatic heterocycles. The molecule has 0 aromatic heterocycles. The zero-order valence-electron chi connectivity index (χ0n) is 11.6. The molecule has 102 valence electrons. The maximum atomic E-state index is 11.9. The van der Waals surface area contributed by atoms with Crippen molar-refractivity contribution >= 4 is 16.7 Å². The van der Waals surface area contributed by atoms with Crippen LogP contribution in [0.1, 0.15) is 41.0 Å². The smallest absolute Gasteiger partial charge is 0.235 e. The van der Waals surface area contributed by atoms with Crippen molar-refractivity contribution < 1.29 is 9.00 Å². The van der Waals surface area contributed by atoms with Crippen LogP contribution in [0.2, 0.25) is 0 Å². The maximum absolute atomic E-state index is 11.9. The highest BCUT2D eigenvalue weighted by molar-refractivity contribution is 7.86. The van der Waals surface area contributed by atoms with Gasteiger partial charge in [-0.25, -0.2) is 0 Å². The van der Waals surface area contributed by atoms with E-state index in [9.17, 15) is 9.00 Å². The molecule has 3 N–H and O–H groups in total. The molecular formula is C12H26N2O2S. The summed E-state index contributed by atoms with van der Waals surface area (Å²) in [5.41, 5.74) is 5.29. The normalized spacial score (nSPS) is 15.7. The topological polar surface area (TPSA) is 72.2 Å². The molecule has 0 rings (SSSR count). The van der Waals surface area contributed by atoms with Crippen LogP contribution < -0.4 is 11.1 Å². The van der Waals surface area contributed by atoms with Crippen LogP contribution in [0, 0.1) is 5.92 Å². The first-order valence-electron chi connectivity index (χ1n) is 6.07.